The van der Waals surface area contributed by atoms with E-state index in [-0.39, 0.29) is 5.79 Å². The molecule has 0 spiro atoms. The van der Waals surface area contributed by atoms with Gasteiger partial charge < -0.3 is 9.47 Å². The van der Waals surface area contributed by atoms with Crippen molar-refractivity contribution in [2.45, 2.75) is 52.1 Å². The highest BCUT2D eigenvalue weighted by Gasteiger charge is 2.50. The standard InChI is InChI=1S/C10H18O2/c1-6-5-7(2)9-8(6)11-10(3,4)12-9/h6-9H,5H2,1-4H3/t6-,7+,8+,9-. The van der Waals surface area contributed by atoms with Gasteiger partial charge in [-0.25, -0.2) is 0 Å². The lowest BCUT2D eigenvalue weighted by atomic mass is 10.1. The van der Waals surface area contributed by atoms with Gasteiger partial charge in [0.15, 0.2) is 5.79 Å². The van der Waals surface area contributed by atoms with E-state index < -0.39 is 0 Å². The van der Waals surface area contributed by atoms with E-state index in [0.29, 0.717) is 24.0 Å². The fourth-order valence-corrected chi connectivity index (χ4v) is 2.55. The van der Waals surface area contributed by atoms with Crippen LogP contribution < -0.4 is 0 Å². The third-order valence-corrected chi connectivity index (χ3v) is 3.03. The molecule has 0 N–H and O–H groups in total. The Morgan fingerprint density at radius 2 is 1.42 bits per heavy atom. The Morgan fingerprint density at radius 3 is 1.83 bits per heavy atom. The highest BCUT2D eigenvalue weighted by Crippen LogP contribution is 2.44. The van der Waals surface area contributed by atoms with Crippen LogP contribution in [-0.4, -0.2) is 18.0 Å². The summed E-state index contributed by atoms with van der Waals surface area (Å²) in [4.78, 5) is 0. The van der Waals surface area contributed by atoms with E-state index in [1.165, 1.54) is 6.42 Å². The third-order valence-electron chi connectivity index (χ3n) is 3.03. The topological polar surface area (TPSA) is 18.5 Å². The molecule has 1 heterocycles. The molecule has 1 saturated carbocycles. The maximum absolute atomic E-state index is 5.83. The summed E-state index contributed by atoms with van der Waals surface area (Å²) in [6.07, 6.45) is 1.93. The summed E-state index contributed by atoms with van der Waals surface area (Å²) in [5, 5.41) is 0. The molecule has 12 heavy (non-hydrogen) atoms. The van der Waals surface area contributed by atoms with E-state index in [4.69, 9.17) is 9.47 Å². The quantitative estimate of drug-likeness (QED) is 0.554. The van der Waals surface area contributed by atoms with Crippen molar-refractivity contribution >= 4 is 0 Å². The second-order valence-electron chi connectivity index (χ2n) is 4.76. The Kier molecular flexibility index (Phi) is 1.74. The minimum Gasteiger partial charge on any atom is -0.344 e. The molecule has 2 nitrogen and oxygen atoms in total. The van der Waals surface area contributed by atoms with E-state index in [9.17, 15) is 0 Å². The van der Waals surface area contributed by atoms with Crippen molar-refractivity contribution in [1.29, 1.82) is 0 Å². The lowest BCUT2D eigenvalue weighted by Crippen LogP contribution is -2.24. The first-order chi connectivity index (χ1) is 5.49. The molecule has 0 bridgehead atoms. The van der Waals surface area contributed by atoms with Crippen molar-refractivity contribution in [2.75, 3.05) is 0 Å². The van der Waals surface area contributed by atoms with E-state index in [2.05, 4.69) is 13.8 Å². The molecule has 2 rings (SSSR count). The highest BCUT2D eigenvalue weighted by atomic mass is 16.8. The van der Waals surface area contributed by atoms with Crippen molar-refractivity contribution in [3.8, 4) is 0 Å². The predicted octanol–water partition coefficient (Wildman–Crippen LogP) is 2.18. The fourth-order valence-electron chi connectivity index (χ4n) is 2.55. The first-order valence-corrected chi connectivity index (χ1v) is 4.85. The van der Waals surface area contributed by atoms with Gasteiger partial charge in [0.1, 0.15) is 0 Å². The van der Waals surface area contributed by atoms with Crippen LogP contribution in [0.25, 0.3) is 0 Å². The zero-order valence-corrected chi connectivity index (χ0v) is 8.33. The monoisotopic (exact) mass is 170 g/mol. The molecule has 0 aromatic rings. The zero-order valence-electron chi connectivity index (χ0n) is 8.33. The van der Waals surface area contributed by atoms with Crippen molar-refractivity contribution in [3.05, 3.63) is 0 Å². The minimum atomic E-state index is -0.349. The molecule has 1 saturated heterocycles. The van der Waals surface area contributed by atoms with Crippen molar-refractivity contribution in [2.24, 2.45) is 11.8 Å². The van der Waals surface area contributed by atoms with Gasteiger partial charge in [-0.2, -0.15) is 0 Å². The van der Waals surface area contributed by atoms with Crippen molar-refractivity contribution in [3.63, 3.8) is 0 Å². The van der Waals surface area contributed by atoms with Gasteiger partial charge in [-0.3, -0.25) is 0 Å². The Hall–Kier alpha value is -0.0800. The molecule has 2 heteroatoms. The van der Waals surface area contributed by atoms with Gasteiger partial charge in [-0.1, -0.05) is 13.8 Å². The zero-order chi connectivity index (χ0) is 8.93. The lowest BCUT2D eigenvalue weighted by molar-refractivity contribution is -0.159. The van der Waals surface area contributed by atoms with Gasteiger partial charge in [0.25, 0.3) is 0 Å². The summed E-state index contributed by atoms with van der Waals surface area (Å²) in [5.41, 5.74) is 0. The van der Waals surface area contributed by atoms with E-state index in [1.807, 2.05) is 13.8 Å². The van der Waals surface area contributed by atoms with E-state index >= 15 is 0 Å². The molecule has 70 valence electrons. The molecule has 2 aliphatic rings. The van der Waals surface area contributed by atoms with Crippen LogP contribution in [0.1, 0.15) is 34.1 Å². The second kappa shape index (κ2) is 2.46. The van der Waals surface area contributed by atoms with Crippen LogP contribution in [-0.2, 0) is 9.47 Å². The number of ether oxygens (including phenoxy) is 2. The average molecular weight is 170 g/mol. The molecule has 2 fully saturated rings. The number of hydrogen-bond donors (Lipinski definition) is 0. The molecule has 0 aromatic heterocycles. The summed E-state index contributed by atoms with van der Waals surface area (Å²) in [7, 11) is 0. The molecular weight excluding hydrogens is 152 g/mol. The van der Waals surface area contributed by atoms with E-state index in [0.717, 1.165) is 0 Å². The molecule has 4 atom stereocenters. The molecule has 0 aromatic carbocycles. The molecular formula is C10H18O2. The van der Waals surface area contributed by atoms with Crippen molar-refractivity contribution < 1.29 is 9.47 Å². The maximum Gasteiger partial charge on any atom is 0.163 e. The maximum atomic E-state index is 5.83. The van der Waals surface area contributed by atoms with Crippen LogP contribution in [0.5, 0.6) is 0 Å². The molecule has 0 amide bonds. The van der Waals surface area contributed by atoms with E-state index in [1.54, 1.807) is 0 Å². The smallest absolute Gasteiger partial charge is 0.163 e. The number of rotatable bonds is 0. The Bertz CT molecular complexity index is 170. The Morgan fingerprint density at radius 1 is 1.00 bits per heavy atom. The van der Waals surface area contributed by atoms with Crippen molar-refractivity contribution in [1.82, 2.24) is 0 Å². The second-order valence-corrected chi connectivity index (χ2v) is 4.76. The third kappa shape index (κ3) is 1.17. The molecule has 0 unspecified atom stereocenters. The van der Waals surface area contributed by atoms with Crippen LogP contribution in [0.4, 0.5) is 0 Å². The lowest BCUT2D eigenvalue weighted by Gasteiger charge is -2.20. The Balaban J connectivity index is 2.15. The summed E-state index contributed by atoms with van der Waals surface area (Å²) in [5.74, 6) is 0.969. The van der Waals surface area contributed by atoms with Gasteiger partial charge in [-0.15, -0.1) is 0 Å². The van der Waals surface area contributed by atoms with Gasteiger partial charge in [-0.05, 0) is 32.1 Å². The number of fused-ring (bicyclic) bond motifs is 1. The van der Waals surface area contributed by atoms with Crippen LogP contribution in [0.15, 0.2) is 0 Å². The van der Waals surface area contributed by atoms with Gasteiger partial charge in [0.2, 0.25) is 0 Å². The molecule has 1 aliphatic carbocycles. The summed E-state index contributed by atoms with van der Waals surface area (Å²) < 4.78 is 11.7. The fraction of sp³-hybridized carbons (Fsp3) is 1.00. The largest absolute Gasteiger partial charge is 0.344 e. The first kappa shape index (κ1) is 8.52. The van der Waals surface area contributed by atoms with Gasteiger partial charge >= 0.3 is 0 Å². The SMILES string of the molecule is C[C@@H]1C[C@H](C)[C@H]2OC(C)(C)O[C@H]21. The summed E-state index contributed by atoms with van der Waals surface area (Å²) in [6, 6.07) is 0. The van der Waals surface area contributed by atoms with Crippen LogP contribution in [0, 0.1) is 11.8 Å². The van der Waals surface area contributed by atoms with Crippen LogP contribution in [0.3, 0.4) is 0 Å². The van der Waals surface area contributed by atoms with Gasteiger partial charge in [0.05, 0.1) is 12.2 Å². The highest BCUT2D eigenvalue weighted by molar-refractivity contribution is 4.94. The summed E-state index contributed by atoms with van der Waals surface area (Å²) in [6.45, 7) is 8.52. The minimum absolute atomic E-state index is 0.343. The average Bonchev–Trinajstić information content (AvgIpc) is 2.34. The predicted molar refractivity (Wildman–Crippen MR) is 46.8 cm³/mol. The first-order valence-electron chi connectivity index (χ1n) is 4.85. The summed E-state index contributed by atoms with van der Waals surface area (Å²) >= 11 is 0. The molecule has 0 radical (unpaired) electrons. The van der Waals surface area contributed by atoms with Crippen LogP contribution in [0.2, 0.25) is 0 Å². The normalized spacial score (nSPS) is 51.0. The Labute approximate surface area is 74.2 Å². The van der Waals surface area contributed by atoms with Crippen LogP contribution >= 0.6 is 0 Å². The van der Waals surface area contributed by atoms with Gasteiger partial charge in [0, 0.05) is 0 Å². The molecule has 1 aliphatic heterocycles. The number of hydrogen-bond acceptors (Lipinski definition) is 2.